The Balaban J connectivity index is 1.20. The van der Waals surface area contributed by atoms with Crippen molar-refractivity contribution in [2.24, 2.45) is 5.92 Å². The van der Waals surface area contributed by atoms with Crippen LogP contribution >= 0.6 is 0 Å². The van der Waals surface area contributed by atoms with Crippen LogP contribution in [0.4, 0.5) is 0 Å². The Morgan fingerprint density at radius 3 is 2.69 bits per heavy atom. The molecule has 0 bridgehead atoms. The largest absolute Gasteiger partial charge is 0.493 e. The fourth-order valence-electron chi connectivity index (χ4n) is 5.71. The van der Waals surface area contributed by atoms with Gasteiger partial charge >= 0.3 is 5.63 Å². The van der Waals surface area contributed by atoms with Crippen LogP contribution in [0, 0.1) is 5.92 Å². The van der Waals surface area contributed by atoms with E-state index >= 15 is 0 Å². The second-order valence-electron chi connectivity index (χ2n) is 9.91. The quantitative estimate of drug-likeness (QED) is 0.452. The van der Waals surface area contributed by atoms with E-state index in [1.54, 1.807) is 31.4 Å². The summed E-state index contributed by atoms with van der Waals surface area (Å²) in [4.78, 5) is 29.9. The molecule has 3 heterocycles. The summed E-state index contributed by atoms with van der Waals surface area (Å²) >= 11 is 0. The number of para-hydroxylation sites is 1. The first-order chi connectivity index (χ1) is 17.5. The van der Waals surface area contributed by atoms with E-state index in [0.717, 1.165) is 17.5 Å². The molecule has 36 heavy (non-hydrogen) atoms. The fourth-order valence-corrected chi connectivity index (χ4v) is 5.71. The molecule has 3 aromatic rings. The minimum absolute atomic E-state index is 0.00510. The number of carbonyl (C=O) groups is 1. The van der Waals surface area contributed by atoms with Crippen LogP contribution in [0.2, 0.25) is 0 Å². The van der Waals surface area contributed by atoms with Crippen molar-refractivity contribution in [1.82, 2.24) is 9.80 Å². The predicted octanol–water partition coefficient (Wildman–Crippen LogP) is 4.57. The monoisotopic (exact) mass is 490 g/mol. The van der Waals surface area contributed by atoms with Gasteiger partial charge in [0.2, 0.25) is 0 Å². The number of likely N-dealkylation sites (N-methyl/N-ethyl adjacent to an activating group) is 1. The molecule has 2 aromatic carbocycles. The van der Waals surface area contributed by atoms with Crippen LogP contribution in [0.5, 0.6) is 11.5 Å². The normalized spacial score (nSPS) is 20.1. The van der Waals surface area contributed by atoms with Crippen LogP contribution in [-0.2, 0) is 4.79 Å². The molecule has 0 spiro atoms. The number of piperidine rings is 2. The summed E-state index contributed by atoms with van der Waals surface area (Å²) < 4.78 is 16.6. The first-order valence-electron chi connectivity index (χ1n) is 12.9. The van der Waals surface area contributed by atoms with Gasteiger partial charge in [0.1, 0.15) is 5.75 Å². The third kappa shape index (κ3) is 5.12. The van der Waals surface area contributed by atoms with E-state index in [2.05, 4.69) is 4.90 Å². The highest BCUT2D eigenvalue weighted by Gasteiger charge is 2.34. The molecule has 2 saturated heterocycles. The maximum Gasteiger partial charge on any atom is 0.344 e. The van der Waals surface area contributed by atoms with E-state index in [1.165, 1.54) is 45.2 Å². The van der Waals surface area contributed by atoms with E-state index < -0.39 is 5.63 Å². The zero-order valence-electron chi connectivity index (χ0n) is 21.1. The fraction of sp³-hybridized carbons (Fsp3) is 0.448. The smallest absolute Gasteiger partial charge is 0.344 e. The highest BCUT2D eigenvalue weighted by molar-refractivity contribution is 5.86. The standard InChI is InChI=1S/C29H34N2O5/c1-30(18-22-8-6-16-31-15-4-3-9-25(22)31)27(32)19-35-23-13-11-20(12-14-23)24-17-21-7-5-10-26(34-2)28(21)36-29(24)33/h5,7,10-14,17,22,25H,3-4,6,8-9,15-16,18-19H2,1-2H3/t22-,25+/m0/s1. The molecule has 2 atom stereocenters. The third-order valence-corrected chi connectivity index (χ3v) is 7.63. The number of methoxy groups -OCH3 is 1. The van der Waals surface area contributed by atoms with E-state index in [0.29, 0.717) is 34.6 Å². The molecular weight excluding hydrogens is 456 g/mol. The minimum Gasteiger partial charge on any atom is -0.493 e. The second kappa shape index (κ2) is 10.7. The maximum absolute atomic E-state index is 12.8. The molecule has 1 aromatic heterocycles. The van der Waals surface area contributed by atoms with Gasteiger partial charge in [0.05, 0.1) is 12.7 Å². The number of nitrogens with zero attached hydrogens (tertiary/aromatic N) is 2. The topological polar surface area (TPSA) is 72.2 Å². The van der Waals surface area contributed by atoms with Gasteiger partial charge in [-0.25, -0.2) is 4.79 Å². The van der Waals surface area contributed by atoms with Gasteiger partial charge in [-0.2, -0.15) is 0 Å². The Morgan fingerprint density at radius 2 is 1.89 bits per heavy atom. The highest BCUT2D eigenvalue weighted by atomic mass is 16.5. The molecule has 0 radical (unpaired) electrons. The summed E-state index contributed by atoms with van der Waals surface area (Å²) in [5, 5.41) is 0.784. The van der Waals surface area contributed by atoms with E-state index in [-0.39, 0.29) is 12.5 Å². The lowest BCUT2D eigenvalue weighted by atomic mass is 9.83. The summed E-state index contributed by atoms with van der Waals surface area (Å²) in [5.74, 6) is 1.63. The predicted molar refractivity (Wildman–Crippen MR) is 140 cm³/mol. The maximum atomic E-state index is 12.8. The third-order valence-electron chi connectivity index (χ3n) is 7.63. The summed E-state index contributed by atoms with van der Waals surface area (Å²) in [6.45, 7) is 3.18. The van der Waals surface area contributed by atoms with Crippen LogP contribution in [0.15, 0.2) is 57.7 Å². The Hall–Kier alpha value is -3.32. The summed E-state index contributed by atoms with van der Waals surface area (Å²) in [5.41, 5.74) is 1.18. The van der Waals surface area contributed by atoms with Gasteiger partial charge in [0.15, 0.2) is 17.9 Å². The van der Waals surface area contributed by atoms with Gasteiger partial charge < -0.3 is 23.7 Å². The number of amides is 1. The Morgan fingerprint density at radius 1 is 1.08 bits per heavy atom. The van der Waals surface area contributed by atoms with Gasteiger partial charge in [-0.3, -0.25) is 4.79 Å². The Bertz CT molecular complexity index is 1270. The van der Waals surface area contributed by atoms with Crippen molar-refractivity contribution >= 4 is 16.9 Å². The van der Waals surface area contributed by atoms with Gasteiger partial charge in [-0.05, 0) is 74.5 Å². The average molecular weight is 491 g/mol. The van der Waals surface area contributed by atoms with Crippen molar-refractivity contribution in [3.63, 3.8) is 0 Å². The zero-order chi connectivity index (χ0) is 25.1. The molecule has 1 amide bonds. The molecule has 0 saturated carbocycles. The molecule has 0 unspecified atom stereocenters. The van der Waals surface area contributed by atoms with E-state index in [9.17, 15) is 9.59 Å². The van der Waals surface area contributed by atoms with E-state index in [1.807, 2.05) is 36.2 Å². The van der Waals surface area contributed by atoms with Gasteiger partial charge in [-0.1, -0.05) is 30.7 Å². The van der Waals surface area contributed by atoms with Crippen molar-refractivity contribution in [3.05, 3.63) is 59.0 Å². The number of fused-ring (bicyclic) bond motifs is 2. The van der Waals surface area contributed by atoms with Crippen molar-refractivity contribution < 1.29 is 18.7 Å². The van der Waals surface area contributed by atoms with Crippen LogP contribution in [0.25, 0.3) is 22.1 Å². The van der Waals surface area contributed by atoms with Crippen molar-refractivity contribution in [2.45, 2.75) is 38.1 Å². The number of hydrogen-bond acceptors (Lipinski definition) is 6. The molecule has 2 aliphatic rings. The van der Waals surface area contributed by atoms with Crippen LogP contribution in [0.3, 0.4) is 0 Å². The average Bonchev–Trinajstić information content (AvgIpc) is 2.91. The van der Waals surface area contributed by atoms with Gasteiger partial charge in [0, 0.05) is 25.0 Å². The van der Waals surface area contributed by atoms with Crippen molar-refractivity contribution in [1.29, 1.82) is 0 Å². The lowest BCUT2D eigenvalue weighted by Crippen LogP contribution is -2.51. The Kier molecular flexibility index (Phi) is 7.28. The second-order valence-corrected chi connectivity index (χ2v) is 9.91. The number of ether oxygens (including phenoxy) is 2. The van der Waals surface area contributed by atoms with E-state index in [4.69, 9.17) is 13.9 Å². The van der Waals surface area contributed by atoms with Crippen LogP contribution in [-0.4, -0.2) is 62.1 Å². The van der Waals surface area contributed by atoms with Crippen molar-refractivity contribution in [2.75, 3.05) is 40.4 Å². The van der Waals surface area contributed by atoms with Gasteiger partial charge in [0.25, 0.3) is 5.91 Å². The number of hydrogen-bond donors (Lipinski definition) is 0. The van der Waals surface area contributed by atoms with Crippen molar-refractivity contribution in [3.8, 4) is 22.6 Å². The van der Waals surface area contributed by atoms with Crippen LogP contribution in [0.1, 0.15) is 32.1 Å². The minimum atomic E-state index is -0.434. The first kappa shape index (κ1) is 24.4. The molecule has 7 heteroatoms. The summed E-state index contributed by atoms with van der Waals surface area (Å²) in [6.07, 6.45) is 6.25. The molecular formula is C29H34N2O5. The highest BCUT2D eigenvalue weighted by Crippen LogP contribution is 2.31. The molecule has 0 aliphatic carbocycles. The number of benzene rings is 2. The molecule has 7 nitrogen and oxygen atoms in total. The molecule has 190 valence electrons. The summed E-state index contributed by atoms with van der Waals surface area (Å²) in [6, 6.07) is 15.1. The molecule has 5 rings (SSSR count). The molecule has 2 aliphatic heterocycles. The lowest BCUT2D eigenvalue weighted by Gasteiger charge is -2.45. The molecule has 0 N–H and O–H groups in total. The Labute approximate surface area is 211 Å². The molecule has 2 fully saturated rings. The lowest BCUT2D eigenvalue weighted by molar-refractivity contribution is -0.133. The zero-order valence-corrected chi connectivity index (χ0v) is 21.1. The first-order valence-corrected chi connectivity index (χ1v) is 12.9. The number of rotatable bonds is 7. The van der Waals surface area contributed by atoms with Crippen LogP contribution < -0.4 is 15.1 Å². The summed E-state index contributed by atoms with van der Waals surface area (Å²) in [7, 11) is 3.43. The SMILES string of the molecule is COc1cccc2cc(-c3ccc(OCC(=O)N(C)C[C@@H]4CCCN5CCCC[C@H]45)cc3)c(=O)oc12. The number of carbonyl (C=O) groups excluding carboxylic acids is 1. The van der Waals surface area contributed by atoms with Gasteiger partial charge in [-0.15, -0.1) is 0 Å².